The van der Waals surface area contributed by atoms with E-state index in [1.54, 1.807) is 25.3 Å². The van der Waals surface area contributed by atoms with Gasteiger partial charge >= 0.3 is 0 Å². The molecule has 1 aromatic heterocycles. The molecule has 1 saturated heterocycles. The zero-order chi connectivity index (χ0) is 19.1. The maximum Gasteiger partial charge on any atom is 0.257 e. The molecule has 1 aliphatic heterocycles. The Hall–Kier alpha value is -2.42. The minimum Gasteiger partial charge on any atom is -0.355 e. The molecule has 2 heterocycles. The maximum atomic E-state index is 11.8. The number of likely N-dealkylation sites (N-methyl/N-ethyl adjacent to an activating group) is 2. The first kappa shape index (κ1) is 19.9. The highest BCUT2D eigenvalue weighted by molar-refractivity contribution is 8.16. The molecule has 2 amide bonds. The minimum absolute atomic E-state index is 0.0676. The number of hydrogen-bond acceptors (Lipinski definition) is 7. The Balaban J connectivity index is 2.18. The second kappa shape index (κ2) is 9.33. The first-order valence-electron chi connectivity index (χ1n) is 8.39. The molecular formula is C17H23N5O3S. The van der Waals surface area contributed by atoms with Gasteiger partial charge in [-0.15, -0.1) is 0 Å². The average Bonchev–Trinajstić information content (AvgIpc) is 3.11. The zero-order valence-electron chi connectivity index (χ0n) is 15.1. The third-order valence-electron chi connectivity index (χ3n) is 4.20. The van der Waals surface area contributed by atoms with Gasteiger partial charge in [0.25, 0.3) is 5.91 Å². The fourth-order valence-electron chi connectivity index (χ4n) is 2.97. The predicted molar refractivity (Wildman–Crippen MR) is 102 cm³/mol. The SMILES string of the molecule is CCN(C(C)=O)C1CCN(c2nccc(/C=C(\SC=O)C(=O)NC)n2)C1. The summed E-state index contributed by atoms with van der Waals surface area (Å²) in [6.45, 7) is 5.66. The molecule has 0 aromatic carbocycles. The van der Waals surface area contributed by atoms with Gasteiger partial charge in [0, 0.05) is 39.8 Å². The van der Waals surface area contributed by atoms with E-state index in [0.29, 0.717) is 30.3 Å². The van der Waals surface area contributed by atoms with Crippen molar-refractivity contribution in [2.45, 2.75) is 26.3 Å². The Morgan fingerprint density at radius 2 is 2.27 bits per heavy atom. The fourth-order valence-corrected chi connectivity index (χ4v) is 3.47. The number of nitrogens with one attached hydrogen (secondary N) is 1. The Labute approximate surface area is 157 Å². The van der Waals surface area contributed by atoms with E-state index < -0.39 is 0 Å². The highest BCUT2D eigenvalue weighted by Gasteiger charge is 2.29. The van der Waals surface area contributed by atoms with Crippen molar-refractivity contribution >= 4 is 41.2 Å². The van der Waals surface area contributed by atoms with Crippen LogP contribution in [0.4, 0.5) is 5.95 Å². The molecule has 140 valence electrons. The highest BCUT2D eigenvalue weighted by Crippen LogP contribution is 2.22. The second-order valence-corrected chi connectivity index (χ2v) is 6.64. The van der Waals surface area contributed by atoms with Gasteiger partial charge in [0.2, 0.25) is 11.9 Å². The van der Waals surface area contributed by atoms with Crippen LogP contribution in [-0.2, 0) is 14.4 Å². The number of amides is 2. The van der Waals surface area contributed by atoms with Crippen LogP contribution < -0.4 is 10.2 Å². The molecule has 8 nitrogen and oxygen atoms in total. The van der Waals surface area contributed by atoms with Gasteiger partial charge in [-0.05, 0) is 37.2 Å². The minimum atomic E-state index is -0.344. The van der Waals surface area contributed by atoms with Crippen molar-refractivity contribution in [3.8, 4) is 0 Å². The Bertz CT molecular complexity index is 709. The fraction of sp³-hybridized carbons (Fsp3) is 0.471. The van der Waals surface area contributed by atoms with E-state index in [2.05, 4.69) is 15.3 Å². The summed E-state index contributed by atoms with van der Waals surface area (Å²) in [5.74, 6) is 0.273. The van der Waals surface area contributed by atoms with Crippen molar-refractivity contribution in [3.05, 3.63) is 22.9 Å². The van der Waals surface area contributed by atoms with Crippen molar-refractivity contribution in [1.29, 1.82) is 0 Å². The molecule has 0 bridgehead atoms. The lowest BCUT2D eigenvalue weighted by molar-refractivity contribution is -0.130. The molecule has 0 saturated carbocycles. The Kier molecular flexibility index (Phi) is 7.14. The van der Waals surface area contributed by atoms with Crippen LogP contribution >= 0.6 is 11.8 Å². The summed E-state index contributed by atoms with van der Waals surface area (Å²) in [7, 11) is 1.51. The molecule has 1 atom stereocenters. The molecule has 0 aliphatic carbocycles. The van der Waals surface area contributed by atoms with E-state index in [1.807, 2.05) is 16.7 Å². The van der Waals surface area contributed by atoms with Crippen molar-refractivity contribution in [2.24, 2.45) is 0 Å². The van der Waals surface area contributed by atoms with E-state index in [9.17, 15) is 14.4 Å². The second-order valence-electron chi connectivity index (χ2n) is 5.78. The summed E-state index contributed by atoms with van der Waals surface area (Å²) in [4.78, 5) is 47.2. The van der Waals surface area contributed by atoms with Crippen LogP contribution in [0.2, 0.25) is 0 Å². The summed E-state index contributed by atoms with van der Waals surface area (Å²) < 4.78 is 0. The standard InChI is InChI=1S/C17H23N5O3S/c1-4-22(12(2)24)14-6-8-21(10-14)17-19-7-5-13(20-17)9-15(26-11-23)16(25)18-3/h5,7,9,11,14H,4,6,8,10H2,1-3H3,(H,18,25)/b15-9-. The number of rotatable bonds is 7. The smallest absolute Gasteiger partial charge is 0.257 e. The number of aromatic nitrogens is 2. The van der Waals surface area contributed by atoms with Crippen molar-refractivity contribution in [2.75, 3.05) is 31.6 Å². The van der Waals surface area contributed by atoms with Crippen LogP contribution in [0.3, 0.4) is 0 Å². The van der Waals surface area contributed by atoms with E-state index in [0.717, 1.165) is 24.7 Å². The van der Waals surface area contributed by atoms with Gasteiger partial charge in [0.05, 0.1) is 16.6 Å². The van der Waals surface area contributed by atoms with Gasteiger partial charge in [-0.2, -0.15) is 0 Å². The number of thioether (sulfide) groups is 1. The molecule has 1 aliphatic rings. The molecule has 1 aromatic rings. The summed E-state index contributed by atoms with van der Waals surface area (Å²) in [5, 5.41) is 2.50. The van der Waals surface area contributed by atoms with E-state index in [-0.39, 0.29) is 22.8 Å². The van der Waals surface area contributed by atoms with Crippen molar-refractivity contribution in [3.63, 3.8) is 0 Å². The van der Waals surface area contributed by atoms with Crippen LogP contribution in [0, 0.1) is 0 Å². The molecule has 0 radical (unpaired) electrons. The molecule has 0 spiro atoms. The summed E-state index contributed by atoms with van der Waals surface area (Å²) >= 11 is 0.803. The first-order chi connectivity index (χ1) is 12.5. The van der Waals surface area contributed by atoms with Crippen LogP contribution in [0.1, 0.15) is 26.0 Å². The van der Waals surface area contributed by atoms with Crippen LogP contribution in [0.15, 0.2) is 17.2 Å². The van der Waals surface area contributed by atoms with Gasteiger partial charge in [-0.25, -0.2) is 9.97 Å². The largest absolute Gasteiger partial charge is 0.355 e. The van der Waals surface area contributed by atoms with Crippen molar-refractivity contribution < 1.29 is 14.4 Å². The number of anilines is 1. The molecule has 1 fully saturated rings. The molecule has 1 N–H and O–H groups in total. The molecule has 26 heavy (non-hydrogen) atoms. The van der Waals surface area contributed by atoms with Gasteiger partial charge in [-0.1, -0.05) is 0 Å². The summed E-state index contributed by atoms with van der Waals surface area (Å²) in [6.07, 6.45) is 4.04. The third kappa shape index (κ3) is 4.81. The maximum absolute atomic E-state index is 11.8. The lowest BCUT2D eigenvalue weighted by atomic mass is 10.2. The predicted octanol–water partition coefficient (Wildman–Crippen LogP) is 0.934. The van der Waals surface area contributed by atoms with Crippen LogP contribution in [0.25, 0.3) is 6.08 Å². The van der Waals surface area contributed by atoms with E-state index in [1.165, 1.54) is 7.05 Å². The first-order valence-corrected chi connectivity index (χ1v) is 9.27. The number of carbonyl (C=O) groups is 3. The number of carbonyl (C=O) groups excluding carboxylic acids is 3. The van der Waals surface area contributed by atoms with Gasteiger partial charge in [0.15, 0.2) is 5.62 Å². The monoisotopic (exact) mass is 377 g/mol. The molecule has 1 unspecified atom stereocenters. The summed E-state index contributed by atoms with van der Waals surface area (Å²) in [5.41, 5.74) is 1.15. The molecular weight excluding hydrogens is 354 g/mol. The van der Waals surface area contributed by atoms with Gasteiger partial charge < -0.3 is 15.1 Å². The topological polar surface area (TPSA) is 95.5 Å². The molecule has 9 heteroatoms. The third-order valence-corrected chi connectivity index (χ3v) is 4.85. The van der Waals surface area contributed by atoms with Gasteiger partial charge in [0.1, 0.15) is 0 Å². The number of nitrogens with zero attached hydrogens (tertiary/aromatic N) is 4. The lowest BCUT2D eigenvalue weighted by Gasteiger charge is -2.26. The van der Waals surface area contributed by atoms with Crippen LogP contribution in [0.5, 0.6) is 0 Å². The normalized spacial score (nSPS) is 17.1. The van der Waals surface area contributed by atoms with Crippen molar-refractivity contribution in [1.82, 2.24) is 20.2 Å². The quantitative estimate of drug-likeness (QED) is 0.558. The van der Waals surface area contributed by atoms with E-state index in [4.69, 9.17) is 0 Å². The summed E-state index contributed by atoms with van der Waals surface area (Å²) in [6, 6.07) is 1.83. The highest BCUT2D eigenvalue weighted by atomic mass is 32.2. The van der Waals surface area contributed by atoms with E-state index >= 15 is 0 Å². The molecule has 2 rings (SSSR count). The Morgan fingerprint density at radius 3 is 2.88 bits per heavy atom. The zero-order valence-corrected chi connectivity index (χ0v) is 16.0. The number of hydrogen-bond donors (Lipinski definition) is 1. The Morgan fingerprint density at radius 1 is 1.50 bits per heavy atom. The lowest BCUT2D eigenvalue weighted by Crippen LogP contribution is -2.40. The van der Waals surface area contributed by atoms with Gasteiger partial charge in [-0.3, -0.25) is 14.4 Å². The average molecular weight is 377 g/mol. The van der Waals surface area contributed by atoms with Crippen LogP contribution in [-0.4, -0.2) is 65.0 Å².